The van der Waals surface area contributed by atoms with E-state index in [9.17, 15) is 4.39 Å². The molecular weight excluding hydrogens is 273 g/mol. The maximum atomic E-state index is 13.8. The first-order valence-electron chi connectivity index (χ1n) is 6.90. The summed E-state index contributed by atoms with van der Waals surface area (Å²) in [4.78, 5) is 0. The van der Waals surface area contributed by atoms with Gasteiger partial charge in [0.15, 0.2) is 0 Å². The molecule has 0 atom stereocenters. The Hall–Kier alpha value is -1.54. The molecule has 20 heavy (non-hydrogen) atoms. The van der Waals surface area contributed by atoms with Crippen LogP contribution in [0.15, 0.2) is 42.5 Å². The topological polar surface area (TPSA) is 12.0 Å². The van der Waals surface area contributed by atoms with Crippen LogP contribution in [0.4, 0.5) is 10.1 Å². The van der Waals surface area contributed by atoms with E-state index in [4.69, 9.17) is 11.6 Å². The van der Waals surface area contributed by atoms with Crippen LogP contribution in [0.25, 0.3) is 0 Å². The fourth-order valence-electron chi connectivity index (χ4n) is 2.70. The van der Waals surface area contributed by atoms with Crippen LogP contribution >= 0.6 is 11.6 Å². The molecule has 2 aromatic rings. The zero-order valence-corrected chi connectivity index (χ0v) is 12.1. The maximum absolute atomic E-state index is 13.8. The van der Waals surface area contributed by atoms with Crippen LogP contribution in [0.2, 0.25) is 5.02 Å². The van der Waals surface area contributed by atoms with Crippen molar-refractivity contribution in [3.8, 4) is 0 Å². The molecule has 0 unspecified atom stereocenters. The number of aryl methyl sites for hydroxylation is 1. The Labute approximate surface area is 123 Å². The molecule has 3 rings (SSSR count). The van der Waals surface area contributed by atoms with Gasteiger partial charge in [0.1, 0.15) is 5.82 Å². The van der Waals surface area contributed by atoms with E-state index in [0.29, 0.717) is 17.6 Å². The van der Waals surface area contributed by atoms with Gasteiger partial charge in [-0.25, -0.2) is 4.39 Å². The smallest absolute Gasteiger partial charge is 0.146 e. The van der Waals surface area contributed by atoms with Gasteiger partial charge in [0.05, 0.1) is 5.69 Å². The van der Waals surface area contributed by atoms with Crippen molar-refractivity contribution in [2.45, 2.75) is 31.7 Å². The summed E-state index contributed by atoms with van der Waals surface area (Å²) in [5, 5.41) is 4.05. The first kappa shape index (κ1) is 13.4. The van der Waals surface area contributed by atoms with Crippen molar-refractivity contribution in [1.82, 2.24) is 0 Å². The molecule has 1 aliphatic carbocycles. The van der Waals surface area contributed by atoms with Crippen LogP contribution in [-0.2, 0) is 0 Å². The van der Waals surface area contributed by atoms with Gasteiger partial charge in [-0.05, 0) is 61.1 Å². The number of hydrogen-bond acceptors (Lipinski definition) is 1. The molecule has 0 heterocycles. The summed E-state index contributed by atoms with van der Waals surface area (Å²) in [6, 6.07) is 13.7. The third-order valence-corrected chi connectivity index (χ3v) is 4.22. The van der Waals surface area contributed by atoms with Gasteiger partial charge in [0, 0.05) is 11.1 Å². The molecule has 0 aliphatic heterocycles. The molecule has 1 saturated carbocycles. The summed E-state index contributed by atoms with van der Waals surface area (Å²) in [7, 11) is 0. The van der Waals surface area contributed by atoms with Crippen LogP contribution in [0.3, 0.4) is 0 Å². The summed E-state index contributed by atoms with van der Waals surface area (Å²) in [6.45, 7) is 1.90. The molecule has 1 nitrogen and oxygen atoms in total. The fourth-order valence-corrected chi connectivity index (χ4v) is 2.83. The summed E-state index contributed by atoms with van der Waals surface area (Å²) in [5.74, 6) is 0.387. The van der Waals surface area contributed by atoms with Crippen LogP contribution in [-0.4, -0.2) is 6.04 Å². The van der Waals surface area contributed by atoms with E-state index in [1.807, 2.05) is 31.2 Å². The Kier molecular flexibility index (Phi) is 3.66. The van der Waals surface area contributed by atoms with Crippen LogP contribution in [0, 0.1) is 12.7 Å². The molecule has 1 N–H and O–H groups in total. The number of halogens is 2. The van der Waals surface area contributed by atoms with Crippen LogP contribution < -0.4 is 5.32 Å². The number of anilines is 1. The van der Waals surface area contributed by atoms with E-state index in [2.05, 4.69) is 17.4 Å². The molecule has 0 aromatic heterocycles. The standard InChI is InChI=1S/C17H17ClFN/c1-11-2-7-17(16(19)8-11)20-15-9-13(10-15)12-3-5-14(18)6-4-12/h2-8,13,15,20H,9-10H2,1H3. The lowest BCUT2D eigenvalue weighted by molar-refractivity contribution is 0.373. The van der Waals surface area contributed by atoms with Crippen molar-refractivity contribution in [1.29, 1.82) is 0 Å². The third kappa shape index (κ3) is 2.80. The molecule has 0 spiro atoms. The first-order valence-corrected chi connectivity index (χ1v) is 7.28. The molecular formula is C17H17ClFN. The minimum Gasteiger partial charge on any atom is -0.380 e. The van der Waals surface area contributed by atoms with Crippen molar-refractivity contribution >= 4 is 17.3 Å². The highest BCUT2D eigenvalue weighted by atomic mass is 35.5. The van der Waals surface area contributed by atoms with Gasteiger partial charge in [-0.15, -0.1) is 0 Å². The Morgan fingerprint density at radius 2 is 1.80 bits per heavy atom. The molecule has 0 saturated heterocycles. The van der Waals surface area contributed by atoms with Crippen molar-refractivity contribution in [2.24, 2.45) is 0 Å². The van der Waals surface area contributed by atoms with Crippen molar-refractivity contribution in [2.75, 3.05) is 5.32 Å². The molecule has 104 valence electrons. The zero-order chi connectivity index (χ0) is 14.1. The predicted molar refractivity (Wildman–Crippen MR) is 82.0 cm³/mol. The van der Waals surface area contributed by atoms with E-state index in [0.717, 1.165) is 23.4 Å². The van der Waals surface area contributed by atoms with Gasteiger partial charge in [-0.3, -0.25) is 0 Å². The molecule has 0 radical (unpaired) electrons. The monoisotopic (exact) mass is 289 g/mol. The van der Waals surface area contributed by atoms with Gasteiger partial charge in [-0.1, -0.05) is 29.8 Å². The van der Waals surface area contributed by atoms with Gasteiger partial charge in [0.25, 0.3) is 0 Å². The minimum atomic E-state index is -0.167. The van der Waals surface area contributed by atoms with Crippen molar-refractivity contribution in [3.63, 3.8) is 0 Å². The van der Waals surface area contributed by atoms with Crippen LogP contribution in [0.5, 0.6) is 0 Å². The highest BCUT2D eigenvalue weighted by Crippen LogP contribution is 2.39. The second kappa shape index (κ2) is 5.45. The van der Waals surface area contributed by atoms with Gasteiger partial charge < -0.3 is 5.32 Å². The molecule has 3 heteroatoms. The average molecular weight is 290 g/mol. The van der Waals surface area contributed by atoms with Crippen molar-refractivity contribution in [3.05, 3.63) is 64.4 Å². The second-order valence-electron chi connectivity index (χ2n) is 5.54. The Morgan fingerprint density at radius 3 is 2.45 bits per heavy atom. The predicted octanol–water partition coefficient (Wildman–Crippen LogP) is 5.15. The lowest BCUT2D eigenvalue weighted by Gasteiger charge is -2.37. The summed E-state index contributed by atoms with van der Waals surface area (Å²) >= 11 is 5.89. The number of hydrogen-bond donors (Lipinski definition) is 1. The van der Waals surface area contributed by atoms with Crippen LogP contribution in [0.1, 0.15) is 29.9 Å². The van der Waals surface area contributed by atoms with E-state index in [1.165, 1.54) is 5.56 Å². The molecule has 0 bridgehead atoms. The Bertz CT molecular complexity index is 603. The quantitative estimate of drug-likeness (QED) is 0.824. The third-order valence-electron chi connectivity index (χ3n) is 3.96. The normalized spacial score (nSPS) is 21.4. The Morgan fingerprint density at radius 1 is 1.10 bits per heavy atom. The van der Waals surface area contributed by atoms with E-state index in [1.54, 1.807) is 6.07 Å². The summed E-state index contributed by atoms with van der Waals surface area (Å²) in [5.41, 5.74) is 2.87. The number of rotatable bonds is 3. The number of nitrogens with one attached hydrogen (secondary N) is 1. The zero-order valence-electron chi connectivity index (χ0n) is 11.4. The average Bonchev–Trinajstić information content (AvgIpc) is 2.37. The van der Waals surface area contributed by atoms with E-state index >= 15 is 0 Å². The van der Waals surface area contributed by atoms with Gasteiger partial charge >= 0.3 is 0 Å². The highest BCUT2D eigenvalue weighted by molar-refractivity contribution is 6.30. The van der Waals surface area contributed by atoms with Gasteiger partial charge in [0.2, 0.25) is 0 Å². The molecule has 0 amide bonds. The SMILES string of the molecule is Cc1ccc(NC2CC(c3ccc(Cl)cc3)C2)c(F)c1. The Balaban J connectivity index is 1.59. The lowest BCUT2D eigenvalue weighted by Crippen LogP contribution is -2.34. The van der Waals surface area contributed by atoms with E-state index in [-0.39, 0.29) is 5.82 Å². The highest BCUT2D eigenvalue weighted by Gasteiger charge is 2.30. The van der Waals surface area contributed by atoms with Gasteiger partial charge in [-0.2, -0.15) is 0 Å². The summed E-state index contributed by atoms with van der Waals surface area (Å²) < 4.78 is 13.8. The van der Waals surface area contributed by atoms with E-state index < -0.39 is 0 Å². The molecule has 1 aliphatic rings. The summed E-state index contributed by atoms with van der Waals surface area (Å²) in [6.07, 6.45) is 2.07. The van der Waals surface area contributed by atoms with Crippen molar-refractivity contribution < 1.29 is 4.39 Å². The lowest BCUT2D eigenvalue weighted by atomic mass is 9.76. The molecule has 2 aromatic carbocycles. The second-order valence-corrected chi connectivity index (χ2v) is 5.98. The largest absolute Gasteiger partial charge is 0.380 e. The number of benzene rings is 2. The first-order chi connectivity index (χ1) is 9.61. The molecule has 1 fully saturated rings. The minimum absolute atomic E-state index is 0.167. The maximum Gasteiger partial charge on any atom is 0.146 e. The fraction of sp³-hybridized carbons (Fsp3) is 0.294.